The highest BCUT2D eigenvalue weighted by Gasteiger charge is 2.26. The van der Waals surface area contributed by atoms with Crippen molar-refractivity contribution in [2.45, 2.75) is 19.9 Å². The molecule has 4 heterocycles. The van der Waals surface area contributed by atoms with Gasteiger partial charge in [-0.25, -0.2) is 9.37 Å². The summed E-state index contributed by atoms with van der Waals surface area (Å²) in [5.74, 6) is -0.393. The van der Waals surface area contributed by atoms with Crippen molar-refractivity contribution in [3.8, 4) is 11.3 Å². The lowest BCUT2D eigenvalue weighted by atomic mass is 10.0. The SMILES string of the molecule is Cc1noc2nc(-c3ccc(F)cc3)cc(C(=O)N3CCc4sccc4C3)c12. The Balaban J connectivity index is 1.60. The second-order valence-electron chi connectivity index (χ2n) is 6.86. The molecule has 0 saturated carbocycles. The first kappa shape index (κ1) is 17.1. The number of carbonyl (C=O) groups excluding carboxylic acids is 1. The van der Waals surface area contributed by atoms with Gasteiger partial charge in [-0.1, -0.05) is 5.16 Å². The summed E-state index contributed by atoms with van der Waals surface area (Å²) in [5.41, 5.74) is 3.93. The highest BCUT2D eigenvalue weighted by atomic mass is 32.1. The summed E-state index contributed by atoms with van der Waals surface area (Å²) < 4.78 is 18.6. The predicted octanol–water partition coefficient (Wildman–Crippen LogP) is 4.60. The fraction of sp³-hybridized carbons (Fsp3) is 0.190. The number of amides is 1. The molecule has 3 aromatic heterocycles. The van der Waals surface area contributed by atoms with Crippen LogP contribution in [0.1, 0.15) is 26.5 Å². The van der Waals surface area contributed by atoms with Crippen LogP contribution in [0.4, 0.5) is 4.39 Å². The zero-order valence-corrected chi connectivity index (χ0v) is 15.9. The van der Waals surface area contributed by atoms with E-state index in [0.717, 1.165) is 6.42 Å². The third-order valence-electron chi connectivity index (χ3n) is 5.08. The van der Waals surface area contributed by atoms with E-state index >= 15 is 0 Å². The van der Waals surface area contributed by atoms with Gasteiger partial charge in [0.25, 0.3) is 11.6 Å². The number of thiophene rings is 1. The van der Waals surface area contributed by atoms with Crippen molar-refractivity contribution in [1.29, 1.82) is 0 Å². The number of pyridine rings is 1. The molecule has 0 spiro atoms. The molecule has 4 aromatic rings. The van der Waals surface area contributed by atoms with Crippen molar-refractivity contribution in [2.24, 2.45) is 0 Å². The Labute approximate surface area is 164 Å². The quantitative estimate of drug-likeness (QED) is 0.500. The third kappa shape index (κ3) is 2.79. The van der Waals surface area contributed by atoms with Gasteiger partial charge in [-0.2, -0.15) is 0 Å². The molecule has 0 bridgehead atoms. The smallest absolute Gasteiger partial charge is 0.259 e. The Hall–Kier alpha value is -3.06. The summed E-state index contributed by atoms with van der Waals surface area (Å²) in [6.45, 7) is 3.07. The number of benzene rings is 1. The van der Waals surface area contributed by atoms with Gasteiger partial charge in [-0.3, -0.25) is 4.79 Å². The minimum atomic E-state index is -0.323. The minimum absolute atomic E-state index is 0.0705. The molecule has 0 atom stereocenters. The van der Waals surface area contributed by atoms with Crippen molar-refractivity contribution in [3.05, 3.63) is 69.3 Å². The van der Waals surface area contributed by atoms with Gasteiger partial charge in [0, 0.05) is 23.5 Å². The van der Waals surface area contributed by atoms with Gasteiger partial charge in [0.05, 0.1) is 22.3 Å². The Bertz CT molecular complexity index is 1200. The van der Waals surface area contributed by atoms with Crippen LogP contribution in [0, 0.1) is 12.7 Å². The molecule has 7 heteroatoms. The van der Waals surface area contributed by atoms with Crippen molar-refractivity contribution in [3.63, 3.8) is 0 Å². The molecule has 0 unspecified atom stereocenters. The van der Waals surface area contributed by atoms with E-state index in [2.05, 4.69) is 21.6 Å². The summed E-state index contributed by atoms with van der Waals surface area (Å²) in [6.07, 6.45) is 0.862. The molecule has 28 heavy (non-hydrogen) atoms. The third-order valence-corrected chi connectivity index (χ3v) is 6.11. The Morgan fingerprint density at radius 1 is 1.25 bits per heavy atom. The first-order valence-corrected chi connectivity index (χ1v) is 9.85. The lowest BCUT2D eigenvalue weighted by molar-refractivity contribution is 0.0737. The number of hydrogen-bond acceptors (Lipinski definition) is 5. The number of rotatable bonds is 2. The van der Waals surface area contributed by atoms with Crippen LogP contribution >= 0.6 is 11.3 Å². The number of fused-ring (bicyclic) bond motifs is 2. The molecule has 1 aromatic carbocycles. The van der Waals surface area contributed by atoms with Crippen molar-refractivity contribution in [2.75, 3.05) is 6.54 Å². The molecule has 0 radical (unpaired) electrons. The standard InChI is InChI=1S/C21H16FN3O2S/c1-12-19-16(21(26)25-8-6-18-14(11-25)7-9-28-18)10-17(23-20(19)27-24-12)13-2-4-15(22)5-3-13/h2-5,7,9-10H,6,8,11H2,1H3. The number of carbonyl (C=O) groups is 1. The maximum absolute atomic E-state index is 13.4. The monoisotopic (exact) mass is 393 g/mol. The van der Waals surface area contributed by atoms with Crippen LogP contribution < -0.4 is 0 Å². The van der Waals surface area contributed by atoms with E-state index < -0.39 is 0 Å². The van der Waals surface area contributed by atoms with Crippen LogP contribution in [-0.4, -0.2) is 27.5 Å². The summed E-state index contributed by atoms with van der Waals surface area (Å²) in [6, 6.07) is 9.86. The zero-order chi connectivity index (χ0) is 19.3. The molecule has 5 rings (SSSR count). The molecule has 1 amide bonds. The Morgan fingerprint density at radius 3 is 2.89 bits per heavy atom. The first-order valence-electron chi connectivity index (χ1n) is 8.97. The van der Waals surface area contributed by atoms with Gasteiger partial charge in [-0.05, 0) is 60.7 Å². The average Bonchev–Trinajstić information content (AvgIpc) is 3.33. The molecule has 1 aliphatic rings. The van der Waals surface area contributed by atoms with Crippen molar-refractivity contribution < 1.29 is 13.7 Å². The predicted molar refractivity (Wildman–Crippen MR) is 105 cm³/mol. The Kier molecular flexibility index (Phi) is 3.98. The normalized spacial score (nSPS) is 13.7. The van der Waals surface area contributed by atoms with E-state index in [4.69, 9.17) is 4.52 Å². The molecule has 0 saturated heterocycles. The van der Waals surface area contributed by atoms with E-state index in [1.807, 2.05) is 4.90 Å². The highest BCUT2D eigenvalue weighted by molar-refractivity contribution is 7.10. The van der Waals surface area contributed by atoms with Crippen molar-refractivity contribution in [1.82, 2.24) is 15.0 Å². The van der Waals surface area contributed by atoms with E-state index in [1.54, 1.807) is 36.5 Å². The maximum atomic E-state index is 13.4. The number of nitrogens with zero attached hydrogens (tertiary/aromatic N) is 3. The maximum Gasteiger partial charge on any atom is 0.259 e. The van der Waals surface area contributed by atoms with Gasteiger partial charge >= 0.3 is 0 Å². The topological polar surface area (TPSA) is 59.2 Å². The molecule has 0 fully saturated rings. The summed E-state index contributed by atoms with van der Waals surface area (Å²) in [4.78, 5) is 21.1. The molecular formula is C21H16FN3O2S. The average molecular weight is 393 g/mol. The highest BCUT2D eigenvalue weighted by Crippen LogP contribution is 2.30. The van der Waals surface area contributed by atoms with E-state index in [1.165, 1.54) is 22.6 Å². The second-order valence-corrected chi connectivity index (χ2v) is 7.86. The van der Waals surface area contributed by atoms with Gasteiger partial charge in [0.15, 0.2) is 0 Å². The van der Waals surface area contributed by atoms with Gasteiger partial charge in [0.2, 0.25) is 0 Å². The van der Waals surface area contributed by atoms with Crippen LogP contribution in [-0.2, 0) is 13.0 Å². The molecule has 140 valence electrons. The van der Waals surface area contributed by atoms with Crippen LogP contribution in [0.5, 0.6) is 0 Å². The van der Waals surface area contributed by atoms with Crippen LogP contribution in [0.3, 0.4) is 0 Å². The summed E-state index contributed by atoms with van der Waals surface area (Å²) in [5, 5.41) is 6.69. The molecule has 0 N–H and O–H groups in total. The fourth-order valence-electron chi connectivity index (χ4n) is 3.62. The summed E-state index contributed by atoms with van der Waals surface area (Å²) in [7, 11) is 0. The van der Waals surface area contributed by atoms with Crippen molar-refractivity contribution >= 4 is 28.3 Å². The largest absolute Gasteiger partial charge is 0.335 e. The molecule has 1 aliphatic heterocycles. The molecular weight excluding hydrogens is 377 g/mol. The van der Waals surface area contributed by atoms with Crippen LogP contribution in [0.15, 0.2) is 46.3 Å². The van der Waals surface area contributed by atoms with Crippen LogP contribution in [0.2, 0.25) is 0 Å². The molecule has 0 aliphatic carbocycles. The number of aryl methyl sites for hydroxylation is 1. The zero-order valence-electron chi connectivity index (χ0n) is 15.1. The lowest BCUT2D eigenvalue weighted by Gasteiger charge is -2.27. The van der Waals surface area contributed by atoms with Gasteiger partial charge in [-0.15, -0.1) is 11.3 Å². The van der Waals surface area contributed by atoms with E-state index in [-0.39, 0.29) is 11.7 Å². The minimum Gasteiger partial charge on any atom is -0.335 e. The van der Waals surface area contributed by atoms with E-state index in [0.29, 0.717) is 46.7 Å². The summed E-state index contributed by atoms with van der Waals surface area (Å²) >= 11 is 1.74. The second kappa shape index (κ2) is 6.53. The van der Waals surface area contributed by atoms with Crippen LogP contribution in [0.25, 0.3) is 22.4 Å². The number of aromatic nitrogens is 2. The number of halogens is 1. The molecule has 5 nitrogen and oxygen atoms in total. The van der Waals surface area contributed by atoms with Gasteiger partial charge in [0.1, 0.15) is 5.82 Å². The van der Waals surface area contributed by atoms with Gasteiger partial charge < -0.3 is 9.42 Å². The first-order chi connectivity index (χ1) is 13.6. The van der Waals surface area contributed by atoms with E-state index in [9.17, 15) is 9.18 Å². The Morgan fingerprint density at radius 2 is 2.07 bits per heavy atom. The number of hydrogen-bond donors (Lipinski definition) is 0. The lowest BCUT2D eigenvalue weighted by Crippen LogP contribution is -2.35. The fourth-order valence-corrected chi connectivity index (χ4v) is 4.51.